The minimum atomic E-state index is -0.321. The maximum atomic E-state index is 6.36. The number of benzene rings is 2. The van der Waals surface area contributed by atoms with Gasteiger partial charge in [0.05, 0.1) is 11.2 Å². The summed E-state index contributed by atoms with van der Waals surface area (Å²) in [4.78, 5) is 0. The summed E-state index contributed by atoms with van der Waals surface area (Å²) >= 11 is 3.59. The van der Waals surface area contributed by atoms with Crippen molar-refractivity contribution in [2.75, 3.05) is 0 Å². The molecule has 0 aromatic heterocycles. The molecule has 1 heterocycles. The first kappa shape index (κ1) is 17.7. The molecule has 2 nitrogen and oxygen atoms in total. The van der Waals surface area contributed by atoms with Crippen molar-refractivity contribution in [3.05, 3.63) is 70.2 Å². The average molecular weight is 387 g/mol. The van der Waals surface area contributed by atoms with Gasteiger partial charge in [-0.25, -0.2) is 0 Å². The van der Waals surface area contributed by atoms with Gasteiger partial charge in [0.1, 0.15) is 0 Å². The predicted molar refractivity (Wildman–Crippen MR) is 103 cm³/mol. The van der Waals surface area contributed by atoms with Crippen LogP contribution < -0.4 is 0 Å². The van der Waals surface area contributed by atoms with Crippen LogP contribution in [0.15, 0.2) is 59.1 Å². The molecule has 0 bridgehead atoms. The number of halogens is 1. The van der Waals surface area contributed by atoms with Gasteiger partial charge in [0.15, 0.2) is 0 Å². The van der Waals surface area contributed by atoms with Crippen LogP contribution in [0, 0.1) is 0 Å². The fourth-order valence-electron chi connectivity index (χ4n) is 3.03. The van der Waals surface area contributed by atoms with Crippen molar-refractivity contribution < 1.29 is 9.31 Å². The molecule has 126 valence electrons. The van der Waals surface area contributed by atoms with Gasteiger partial charge in [0.25, 0.3) is 0 Å². The molecule has 1 unspecified atom stereocenters. The molecule has 1 aliphatic rings. The van der Waals surface area contributed by atoms with Crippen LogP contribution in [0.4, 0.5) is 0 Å². The van der Waals surface area contributed by atoms with Crippen LogP contribution in [0.25, 0.3) is 0 Å². The van der Waals surface area contributed by atoms with Crippen LogP contribution in [-0.4, -0.2) is 18.3 Å². The molecule has 4 heteroatoms. The highest BCUT2D eigenvalue weighted by Gasteiger charge is 2.53. The Hall–Kier alpha value is -1.10. The first-order valence-electron chi connectivity index (χ1n) is 8.43. The van der Waals surface area contributed by atoms with Gasteiger partial charge in [-0.15, -0.1) is 0 Å². The Bertz CT molecular complexity index is 684. The monoisotopic (exact) mass is 386 g/mol. The summed E-state index contributed by atoms with van der Waals surface area (Å²) in [6, 6.07) is 19.0. The summed E-state index contributed by atoms with van der Waals surface area (Å²) in [5.74, 6) is 0.144. The highest BCUT2D eigenvalue weighted by Crippen LogP contribution is 2.42. The topological polar surface area (TPSA) is 18.5 Å². The van der Waals surface area contributed by atoms with Crippen molar-refractivity contribution in [2.24, 2.45) is 0 Å². The lowest BCUT2D eigenvalue weighted by Gasteiger charge is -2.32. The molecule has 0 saturated carbocycles. The summed E-state index contributed by atoms with van der Waals surface area (Å²) in [6.45, 7) is 8.42. The highest BCUT2D eigenvalue weighted by atomic mass is 79.9. The number of hydrogen-bond donors (Lipinski definition) is 0. The smallest absolute Gasteiger partial charge is 0.403 e. The number of rotatable bonds is 4. The summed E-state index contributed by atoms with van der Waals surface area (Å²) in [7, 11) is -0.260. The van der Waals surface area contributed by atoms with Gasteiger partial charge < -0.3 is 9.31 Å². The molecule has 2 aromatic rings. The fourth-order valence-corrected chi connectivity index (χ4v) is 3.45. The SMILES string of the molecule is CC1(C)OB(C(Cc2ccccc2)c2cccc(Br)c2)OC1(C)C. The van der Waals surface area contributed by atoms with E-state index in [9.17, 15) is 0 Å². The van der Waals surface area contributed by atoms with Gasteiger partial charge in [-0.2, -0.15) is 0 Å². The van der Waals surface area contributed by atoms with Gasteiger partial charge in [0, 0.05) is 10.3 Å². The molecular formula is C20H24BBrO2. The van der Waals surface area contributed by atoms with E-state index in [2.05, 4.69) is 86.1 Å². The zero-order chi connectivity index (χ0) is 17.4. The minimum Gasteiger partial charge on any atom is -0.403 e. The van der Waals surface area contributed by atoms with E-state index in [0.717, 1.165) is 10.9 Å². The van der Waals surface area contributed by atoms with E-state index in [1.54, 1.807) is 0 Å². The molecule has 1 atom stereocenters. The second-order valence-electron chi connectivity index (χ2n) is 7.48. The van der Waals surface area contributed by atoms with Crippen LogP contribution in [-0.2, 0) is 15.7 Å². The molecule has 0 aliphatic carbocycles. The highest BCUT2D eigenvalue weighted by molar-refractivity contribution is 9.10. The second-order valence-corrected chi connectivity index (χ2v) is 8.39. The van der Waals surface area contributed by atoms with E-state index < -0.39 is 0 Å². The molecule has 2 aromatic carbocycles. The lowest BCUT2D eigenvalue weighted by molar-refractivity contribution is 0.00578. The zero-order valence-electron chi connectivity index (χ0n) is 14.8. The van der Waals surface area contributed by atoms with E-state index in [0.29, 0.717) is 0 Å². The average Bonchev–Trinajstić information content (AvgIpc) is 2.74. The van der Waals surface area contributed by atoms with Crippen molar-refractivity contribution >= 4 is 23.0 Å². The molecular weight excluding hydrogens is 363 g/mol. The summed E-state index contributed by atoms with van der Waals surface area (Å²) in [5.41, 5.74) is 1.88. The Morgan fingerprint density at radius 2 is 1.54 bits per heavy atom. The first-order valence-corrected chi connectivity index (χ1v) is 9.23. The number of hydrogen-bond acceptors (Lipinski definition) is 2. The van der Waals surface area contributed by atoms with Crippen LogP contribution in [0.1, 0.15) is 44.6 Å². The third kappa shape index (κ3) is 3.61. The lowest BCUT2D eigenvalue weighted by atomic mass is 9.65. The third-order valence-corrected chi connectivity index (χ3v) is 5.67. The Morgan fingerprint density at radius 3 is 2.12 bits per heavy atom. The van der Waals surface area contributed by atoms with Crippen LogP contribution in [0.2, 0.25) is 0 Å². The lowest BCUT2D eigenvalue weighted by Crippen LogP contribution is -2.41. The Labute approximate surface area is 153 Å². The van der Waals surface area contributed by atoms with Crippen LogP contribution >= 0.6 is 15.9 Å². The van der Waals surface area contributed by atoms with Crippen LogP contribution in [0.5, 0.6) is 0 Å². The van der Waals surface area contributed by atoms with Gasteiger partial charge >= 0.3 is 7.12 Å². The Balaban J connectivity index is 1.94. The minimum absolute atomic E-state index is 0.144. The Kier molecular flexibility index (Phi) is 4.92. The van der Waals surface area contributed by atoms with Crippen LogP contribution in [0.3, 0.4) is 0 Å². The Morgan fingerprint density at radius 1 is 0.917 bits per heavy atom. The molecule has 0 radical (unpaired) electrons. The van der Waals surface area contributed by atoms with Gasteiger partial charge in [0.2, 0.25) is 0 Å². The first-order chi connectivity index (χ1) is 11.3. The molecule has 0 spiro atoms. The quantitative estimate of drug-likeness (QED) is 0.654. The summed E-state index contributed by atoms with van der Waals surface area (Å²) < 4.78 is 13.8. The van der Waals surface area contributed by atoms with E-state index in [1.165, 1.54) is 11.1 Å². The van der Waals surface area contributed by atoms with Crippen molar-refractivity contribution in [3.63, 3.8) is 0 Å². The van der Waals surface area contributed by atoms with Gasteiger partial charge in [-0.3, -0.25) is 0 Å². The molecule has 0 amide bonds. The standard InChI is InChI=1S/C20H24BBrO2/c1-19(2)20(3,4)24-21(23-19)18(13-15-9-6-5-7-10-15)16-11-8-12-17(22)14-16/h5-12,14,18H,13H2,1-4H3. The molecule has 0 N–H and O–H groups in total. The zero-order valence-corrected chi connectivity index (χ0v) is 16.3. The largest absolute Gasteiger partial charge is 0.466 e. The molecule has 1 fully saturated rings. The van der Waals surface area contributed by atoms with E-state index in [1.807, 2.05) is 12.1 Å². The second kappa shape index (κ2) is 6.66. The van der Waals surface area contributed by atoms with Crippen molar-refractivity contribution in [1.82, 2.24) is 0 Å². The maximum Gasteiger partial charge on any atom is 0.466 e. The molecule has 1 aliphatic heterocycles. The molecule has 24 heavy (non-hydrogen) atoms. The summed E-state index contributed by atoms with van der Waals surface area (Å²) in [5, 5.41) is 0. The van der Waals surface area contributed by atoms with E-state index >= 15 is 0 Å². The predicted octanol–water partition coefficient (Wildman–Crippen LogP) is 5.41. The van der Waals surface area contributed by atoms with Crippen molar-refractivity contribution in [3.8, 4) is 0 Å². The van der Waals surface area contributed by atoms with Crippen molar-refractivity contribution in [1.29, 1.82) is 0 Å². The van der Waals surface area contributed by atoms with Gasteiger partial charge in [-0.1, -0.05) is 58.4 Å². The fraction of sp³-hybridized carbons (Fsp3) is 0.400. The van der Waals surface area contributed by atoms with Gasteiger partial charge in [-0.05, 0) is 57.4 Å². The summed E-state index contributed by atoms with van der Waals surface area (Å²) in [6.07, 6.45) is 0.883. The normalized spacial score (nSPS) is 20.1. The van der Waals surface area contributed by atoms with E-state index in [4.69, 9.17) is 9.31 Å². The maximum absolute atomic E-state index is 6.36. The third-order valence-electron chi connectivity index (χ3n) is 5.18. The molecule has 1 saturated heterocycles. The van der Waals surface area contributed by atoms with E-state index in [-0.39, 0.29) is 24.1 Å². The van der Waals surface area contributed by atoms with Crippen molar-refractivity contribution in [2.45, 2.75) is 51.1 Å². The molecule has 3 rings (SSSR count).